The first-order valence-electron chi connectivity index (χ1n) is 7.84. The molecule has 0 saturated heterocycles. The topological polar surface area (TPSA) is 128 Å². The van der Waals surface area contributed by atoms with E-state index in [2.05, 4.69) is 5.43 Å². The molecule has 152 valence electrons. The molecule has 13 heteroatoms. The Kier molecular flexibility index (Phi) is 4.84. The third kappa shape index (κ3) is 3.67. The number of nitrogens with zero attached hydrogens (tertiary/aromatic N) is 3. The Balaban J connectivity index is 2.07. The fourth-order valence-corrected chi connectivity index (χ4v) is 2.87. The molecule has 0 fully saturated rings. The molecule has 10 nitrogen and oxygen atoms in total. The van der Waals surface area contributed by atoms with E-state index in [1.54, 1.807) is 12.1 Å². The summed E-state index contributed by atoms with van der Waals surface area (Å²) in [5.41, 5.74) is -1.43. The number of benzene rings is 2. The van der Waals surface area contributed by atoms with Gasteiger partial charge in [0.25, 0.3) is 0 Å². The van der Waals surface area contributed by atoms with Gasteiger partial charge in [-0.25, -0.2) is 4.79 Å². The van der Waals surface area contributed by atoms with Crippen molar-refractivity contribution >= 4 is 23.0 Å². The van der Waals surface area contributed by atoms with E-state index in [4.69, 9.17) is 4.74 Å². The molecule has 2 aromatic rings. The van der Waals surface area contributed by atoms with Crippen LogP contribution in [0.3, 0.4) is 0 Å². The van der Waals surface area contributed by atoms with Crippen molar-refractivity contribution in [3.8, 4) is 0 Å². The second kappa shape index (κ2) is 7.01. The van der Waals surface area contributed by atoms with Crippen molar-refractivity contribution in [2.45, 2.75) is 12.4 Å². The van der Waals surface area contributed by atoms with Gasteiger partial charge in [0.05, 0.1) is 21.0 Å². The number of nitrogens with one attached hydrogen (secondary N) is 1. The first kappa shape index (κ1) is 20.0. The Labute approximate surface area is 159 Å². The number of rotatable bonds is 5. The summed E-state index contributed by atoms with van der Waals surface area (Å²) in [6.45, 7) is 0. The third-order valence-electron chi connectivity index (χ3n) is 4.12. The highest BCUT2D eigenvalue weighted by Gasteiger charge is 2.40. The first-order valence-corrected chi connectivity index (χ1v) is 7.84. The highest BCUT2D eigenvalue weighted by molar-refractivity contribution is 5.94. The zero-order chi connectivity index (χ0) is 21.5. The van der Waals surface area contributed by atoms with Gasteiger partial charge in [0.2, 0.25) is 5.69 Å². The maximum absolute atomic E-state index is 13.0. The molecule has 0 saturated carbocycles. The summed E-state index contributed by atoms with van der Waals surface area (Å²) < 4.78 is 44.1. The normalized spacial score (nSPS) is 15.6. The lowest BCUT2D eigenvalue weighted by Crippen LogP contribution is -2.38. The predicted octanol–water partition coefficient (Wildman–Crippen LogP) is 3.33. The Morgan fingerprint density at radius 3 is 2.17 bits per heavy atom. The Bertz CT molecular complexity index is 991. The van der Waals surface area contributed by atoms with E-state index in [1.165, 1.54) is 12.1 Å². The maximum atomic E-state index is 13.0. The molecule has 0 unspecified atom stereocenters. The van der Waals surface area contributed by atoms with Gasteiger partial charge in [-0.3, -0.25) is 25.2 Å². The number of fused-ring (bicyclic) bond motifs is 1. The molecule has 0 aromatic heterocycles. The summed E-state index contributed by atoms with van der Waals surface area (Å²) in [5.74, 6) is -0.692. The predicted molar refractivity (Wildman–Crippen MR) is 90.9 cm³/mol. The summed E-state index contributed by atoms with van der Waals surface area (Å²) in [4.78, 5) is 32.2. The maximum Gasteiger partial charge on any atom is 0.416 e. The number of carbonyl (C=O) groups is 1. The van der Waals surface area contributed by atoms with E-state index >= 15 is 0 Å². The lowest BCUT2D eigenvalue weighted by molar-refractivity contribution is -0.393. The smallest absolute Gasteiger partial charge is 0.416 e. The van der Waals surface area contributed by atoms with Gasteiger partial charge in [-0.05, 0) is 6.07 Å². The molecule has 1 aliphatic rings. The fraction of sp³-hybridized carbons (Fsp3) is 0.188. The number of anilines is 1. The van der Waals surface area contributed by atoms with Gasteiger partial charge in [-0.15, -0.1) is 0 Å². The van der Waals surface area contributed by atoms with Crippen LogP contribution in [0, 0.1) is 20.2 Å². The van der Waals surface area contributed by atoms with Gasteiger partial charge in [-0.2, -0.15) is 18.6 Å². The number of ether oxygens (including phenoxy) is 1. The molecule has 1 N–H and O–H groups in total. The van der Waals surface area contributed by atoms with Crippen molar-refractivity contribution in [3.05, 3.63) is 73.3 Å². The van der Waals surface area contributed by atoms with Crippen molar-refractivity contribution in [1.82, 2.24) is 5.43 Å². The number of alkyl halides is 3. The minimum absolute atomic E-state index is 0.203. The number of nitro groups is 2. The minimum Gasteiger partial charge on any atom is -0.437 e. The molecule has 0 radical (unpaired) electrons. The van der Waals surface area contributed by atoms with Gasteiger partial charge in [0.1, 0.15) is 0 Å². The van der Waals surface area contributed by atoms with Crippen molar-refractivity contribution in [2.75, 3.05) is 12.1 Å². The van der Waals surface area contributed by atoms with Crippen LogP contribution in [0.25, 0.3) is 0 Å². The summed E-state index contributed by atoms with van der Waals surface area (Å²) in [6.07, 6.45) is -6.18. The average molecular weight is 412 g/mol. The van der Waals surface area contributed by atoms with Crippen LogP contribution < -0.4 is 10.4 Å². The van der Waals surface area contributed by atoms with Crippen molar-refractivity contribution < 1.29 is 32.5 Å². The molecule has 1 atom stereocenters. The quantitative estimate of drug-likeness (QED) is 0.450. The molecule has 1 heterocycles. The summed E-state index contributed by atoms with van der Waals surface area (Å²) in [5, 5.41) is 23.5. The number of hydrogen-bond acceptors (Lipinski definition) is 8. The van der Waals surface area contributed by atoms with Gasteiger partial charge in [0, 0.05) is 24.7 Å². The van der Waals surface area contributed by atoms with E-state index in [-0.39, 0.29) is 17.7 Å². The number of cyclic esters (lactones) is 1. The number of halogens is 3. The lowest BCUT2D eigenvalue weighted by atomic mass is 10.1. The molecule has 1 aliphatic heterocycles. The van der Waals surface area contributed by atoms with Crippen LogP contribution in [0.1, 0.15) is 27.7 Å². The molecule has 29 heavy (non-hydrogen) atoms. The largest absolute Gasteiger partial charge is 0.437 e. The molecule has 2 aromatic carbocycles. The van der Waals surface area contributed by atoms with Gasteiger partial charge in [-0.1, -0.05) is 18.2 Å². The molecule has 0 amide bonds. The molecule has 0 spiro atoms. The van der Waals surface area contributed by atoms with E-state index in [0.717, 1.165) is 12.1 Å². The van der Waals surface area contributed by atoms with E-state index < -0.39 is 50.8 Å². The Morgan fingerprint density at radius 2 is 1.66 bits per heavy atom. The first-order chi connectivity index (χ1) is 13.5. The minimum atomic E-state index is -5.03. The van der Waals surface area contributed by atoms with Crippen LogP contribution in [-0.2, 0) is 10.9 Å². The van der Waals surface area contributed by atoms with E-state index in [1.807, 2.05) is 0 Å². The van der Waals surface area contributed by atoms with Crippen molar-refractivity contribution in [3.63, 3.8) is 0 Å². The van der Waals surface area contributed by atoms with Crippen molar-refractivity contribution in [1.29, 1.82) is 0 Å². The average Bonchev–Trinajstić information content (AvgIpc) is 2.95. The van der Waals surface area contributed by atoms with Crippen LogP contribution >= 0.6 is 0 Å². The number of esters is 1. The third-order valence-corrected chi connectivity index (χ3v) is 4.12. The highest BCUT2D eigenvalue weighted by atomic mass is 19.4. The number of carbonyl (C=O) groups excluding carboxylic acids is 1. The zero-order valence-electron chi connectivity index (χ0n) is 14.5. The van der Waals surface area contributed by atoms with Crippen LogP contribution in [0.15, 0.2) is 36.4 Å². The Hall–Kier alpha value is -3.74. The van der Waals surface area contributed by atoms with Crippen molar-refractivity contribution in [2.24, 2.45) is 0 Å². The number of nitro benzene ring substituents is 2. The second-order valence-corrected chi connectivity index (χ2v) is 5.94. The van der Waals surface area contributed by atoms with Crippen LogP contribution in [-0.4, -0.2) is 22.9 Å². The number of hydrogen-bond donors (Lipinski definition) is 1. The molecular weight excluding hydrogens is 401 g/mol. The monoisotopic (exact) mass is 412 g/mol. The van der Waals surface area contributed by atoms with Gasteiger partial charge >= 0.3 is 23.5 Å². The van der Waals surface area contributed by atoms with Gasteiger partial charge < -0.3 is 4.74 Å². The van der Waals surface area contributed by atoms with Crippen LogP contribution in [0.5, 0.6) is 0 Å². The standard InChI is InChI=1S/C16H11F3N4O6/c1-21(20-14-9-4-2-3-5-10(9)15(24)29-14)13-11(22(25)26)6-8(16(17,18)19)7-12(13)23(27)28/h2-7,14,20H,1H3/t14-/m0/s1. The lowest BCUT2D eigenvalue weighted by Gasteiger charge is -2.24. The molecule has 0 aliphatic carbocycles. The summed E-state index contributed by atoms with van der Waals surface area (Å²) in [7, 11) is 1.12. The number of hydrazine groups is 1. The van der Waals surface area contributed by atoms with Crippen LogP contribution in [0.4, 0.5) is 30.2 Å². The van der Waals surface area contributed by atoms with E-state index in [0.29, 0.717) is 5.56 Å². The second-order valence-electron chi connectivity index (χ2n) is 5.94. The SMILES string of the molecule is CN(N[C@H]1OC(=O)c2ccccc21)c1c([N+](=O)[O-])cc(C(F)(F)F)cc1[N+](=O)[O-]. The zero-order valence-corrected chi connectivity index (χ0v) is 14.5. The fourth-order valence-electron chi connectivity index (χ4n) is 2.87. The molecule has 0 bridgehead atoms. The Morgan fingerprint density at radius 1 is 1.10 bits per heavy atom. The van der Waals surface area contributed by atoms with Crippen LogP contribution in [0.2, 0.25) is 0 Å². The highest BCUT2D eigenvalue weighted by Crippen LogP contribution is 2.43. The van der Waals surface area contributed by atoms with Gasteiger partial charge in [0.15, 0.2) is 6.23 Å². The molecule has 3 rings (SSSR count). The van der Waals surface area contributed by atoms with E-state index in [9.17, 15) is 38.2 Å². The summed E-state index contributed by atoms with van der Waals surface area (Å²) >= 11 is 0. The summed E-state index contributed by atoms with van der Waals surface area (Å²) in [6, 6.07) is 6.59. The molecular formula is C16H11F3N4O6.